The van der Waals surface area contributed by atoms with Crippen LogP contribution in [0.15, 0.2) is 30.5 Å². The molecule has 0 fully saturated rings. The van der Waals surface area contributed by atoms with Crippen molar-refractivity contribution in [2.75, 3.05) is 0 Å². The van der Waals surface area contributed by atoms with E-state index in [4.69, 9.17) is 5.11 Å². The molecule has 0 heterocycles. The van der Waals surface area contributed by atoms with E-state index in [9.17, 15) is 0 Å². The van der Waals surface area contributed by atoms with Gasteiger partial charge in [0.05, 0.1) is 6.26 Å². The molecule has 0 atom stereocenters. The lowest BCUT2D eigenvalue weighted by molar-refractivity contribution is 0.478. The summed E-state index contributed by atoms with van der Waals surface area (Å²) in [4.78, 5) is 0. The second kappa shape index (κ2) is 2.92. The van der Waals surface area contributed by atoms with Crippen LogP contribution in [-0.2, 0) is 0 Å². The van der Waals surface area contributed by atoms with Gasteiger partial charge in [0.25, 0.3) is 0 Å². The predicted octanol–water partition coefficient (Wildman–Crippen LogP) is 2.02. The molecule has 1 rings (SSSR count). The fourth-order valence-corrected chi connectivity index (χ4v) is 0.597. The van der Waals surface area contributed by atoms with Crippen LogP contribution in [0.5, 0.6) is 0 Å². The number of hydrogen-bond acceptors (Lipinski definition) is 1. The van der Waals surface area contributed by atoms with Crippen molar-refractivity contribution in [3.63, 3.8) is 0 Å². The van der Waals surface area contributed by atoms with Crippen molar-refractivity contribution in [3.8, 4) is 0 Å². The van der Waals surface area contributed by atoms with Gasteiger partial charge in [-0.05, 0) is 17.7 Å². The first kappa shape index (κ1) is 5.89. The molecule has 45 valence electrons. The van der Waals surface area contributed by atoms with Crippen molar-refractivity contribution in [2.24, 2.45) is 0 Å². The molecule has 0 aliphatic carbocycles. The minimum absolute atomic E-state index is 0.983. The quantitative estimate of drug-likeness (QED) is 0.560. The Kier molecular flexibility index (Phi) is 1.91. The standard InChI is InChI=1S/C8H7O/c9-7-6-8-4-2-1-3-5-8/h2-7,9H. The number of hydrogen-bond donors (Lipinski definition) is 1. The third-order valence-corrected chi connectivity index (χ3v) is 1.01. The number of aliphatic hydroxyl groups is 1. The zero-order valence-electron chi connectivity index (χ0n) is 4.91. The van der Waals surface area contributed by atoms with Crippen molar-refractivity contribution in [1.82, 2.24) is 0 Å². The summed E-state index contributed by atoms with van der Waals surface area (Å²) in [5.74, 6) is 0. The van der Waals surface area contributed by atoms with Gasteiger partial charge in [0.15, 0.2) is 0 Å². The average molecular weight is 119 g/mol. The normalized spacial score (nSPS) is 10.2. The summed E-state index contributed by atoms with van der Waals surface area (Å²) in [6.07, 6.45) is 2.64. The largest absolute Gasteiger partial charge is 0.516 e. The molecule has 0 unspecified atom stereocenters. The predicted molar refractivity (Wildman–Crippen MR) is 36.9 cm³/mol. The summed E-state index contributed by atoms with van der Waals surface area (Å²) in [6.45, 7) is 0. The first-order valence-corrected chi connectivity index (χ1v) is 2.70. The first-order valence-electron chi connectivity index (χ1n) is 2.70. The van der Waals surface area contributed by atoms with Crippen LogP contribution in [0.4, 0.5) is 0 Å². The van der Waals surface area contributed by atoms with Crippen LogP contribution in [0.1, 0.15) is 5.56 Å². The van der Waals surface area contributed by atoms with Gasteiger partial charge in [-0.3, -0.25) is 0 Å². The van der Waals surface area contributed by atoms with Crippen LogP contribution in [0.25, 0.3) is 6.08 Å². The van der Waals surface area contributed by atoms with Gasteiger partial charge in [-0.15, -0.1) is 0 Å². The highest BCUT2D eigenvalue weighted by atomic mass is 16.2. The van der Waals surface area contributed by atoms with Gasteiger partial charge in [0.1, 0.15) is 0 Å². The van der Waals surface area contributed by atoms with Crippen LogP contribution < -0.4 is 0 Å². The Morgan fingerprint density at radius 2 is 2.00 bits per heavy atom. The lowest BCUT2D eigenvalue weighted by Crippen LogP contribution is -1.66. The number of benzene rings is 1. The Labute approximate surface area is 54.3 Å². The summed E-state index contributed by atoms with van der Waals surface area (Å²) < 4.78 is 0. The second-order valence-corrected chi connectivity index (χ2v) is 1.65. The third kappa shape index (κ3) is 1.61. The molecule has 1 aromatic rings. The smallest absolute Gasteiger partial charge is 0.0797 e. The van der Waals surface area contributed by atoms with Gasteiger partial charge in [-0.25, -0.2) is 0 Å². The van der Waals surface area contributed by atoms with E-state index < -0.39 is 0 Å². The fourth-order valence-electron chi connectivity index (χ4n) is 0.597. The number of rotatable bonds is 1. The molecule has 1 heteroatoms. The van der Waals surface area contributed by atoms with Gasteiger partial charge in [-0.2, -0.15) is 0 Å². The van der Waals surface area contributed by atoms with Gasteiger partial charge in [-0.1, -0.05) is 24.3 Å². The molecule has 0 saturated carbocycles. The molecule has 0 amide bonds. The highest BCUT2D eigenvalue weighted by molar-refractivity contribution is 5.46. The van der Waals surface area contributed by atoms with Crippen LogP contribution in [-0.4, -0.2) is 5.11 Å². The lowest BCUT2D eigenvalue weighted by atomic mass is 10.2. The first-order chi connectivity index (χ1) is 4.43. The highest BCUT2D eigenvalue weighted by Crippen LogP contribution is 1.98. The Morgan fingerprint density at radius 1 is 1.33 bits per heavy atom. The molecule has 0 spiro atoms. The topological polar surface area (TPSA) is 20.2 Å². The molecule has 0 saturated heterocycles. The SMILES string of the molecule is OC=Cc1cc[c]cc1. The van der Waals surface area contributed by atoms with E-state index in [-0.39, 0.29) is 0 Å². The maximum absolute atomic E-state index is 8.33. The van der Waals surface area contributed by atoms with Crippen molar-refractivity contribution in [1.29, 1.82) is 0 Å². The van der Waals surface area contributed by atoms with Gasteiger partial charge >= 0.3 is 0 Å². The maximum Gasteiger partial charge on any atom is 0.0797 e. The zero-order valence-corrected chi connectivity index (χ0v) is 4.91. The van der Waals surface area contributed by atoms with E-state index in [2.05, 4.69) is 6.07 Å². The molecule has 1 nitrogen and oxygen atoms in total. The van der Waals surface area contributed by atoms with E-state index in [1.807, 2.05) is 12.1 Å². The van der Waals surface area contributed by atoms with Crippen molar-refractivity contribution >= 4 is 6.08 Å². The van der Waals surface area contributed by atoms with E-state index in [1.54, 1.807) is 18.2 Å². The molecule has 1 radical (unpaired) electrons. The van der Waals surface area contributed by atoms with Gasteiger partial charge < -0.3 is 5.11 Å². The minimum atomic E-state index is 0.983. The molecule has 0 aromatic heterocycles. The monoisotopic (exact) mass is 119 g/mol. The molecular formula is C8H7O. The second-order valence-electron chi connectivity index (χ2n) is 1.65. The highest BCUT2D eigenvalue weighted by Gasteiger charge is 1.78. The summed E-state index contributed by atoms with van der Waals surface area (Å²) in [6, 6.07) is 10.2. The van der Waals surface area contributed by atoms with Crippen LogP contribution in [0.2, 0.25) is 0 Å². The summed E-state index contributed by atoms with van der Waals surface area (Å²) >= 11 is 0. The van der Waals surface area contributed by atoms with Crippen molar-refractivity contribution in [3.05, 3.63) is 42.2 Å². The third-order valence-electron chi connectivity index (χ3n) is 1.01. The Balaban J connectivity index is 2.85. The number of aliphatic hydroxyl groups excluding tert-OH is 1. The average Bonchev–Trinajstić information content (AvgIpc) is 1.91. The molecule has 9 heavy (non-hydrogen) atoms. The van der Waals surface area contributed by atoms with Gasteiger partial charge in [0, 0.05) is 0 Å². The fraction of sp³-hybridized carbons (Fsp3) is 0. The Bertz CT molecular complexity index is 189. The van der Waals surface area contributed by atoms with Crippen molar-refractivity contribution in [2.45, 2.75) is 0 Å². The summed E-state index contributed by atoms with van der Waals surface area (Å²) in [7, 11) is 0. The summed E-state index contributed by atoms with van der Waals surface area (Å²) in [5.41, 5.74) is 0.983. The van der Waals surface area contributed by atoms with Crippen LogP contribution in [0.3, 0.4) is 0 Å². The minimum Gasteiger partial charge on any atom is -0.516 e. The maximum atomic E-state index is 8.33. The van der Waals surface area contributed by atoms with Crippen LogP contribution >= 0.6 is 0 Å². The zero-order chi connectivity index (χ0) is 6.53. The molecular weight excluding hydrogens is 112 g/mol. The molecule has 1 aromatic carbocycles. The Hall–Kier alpha value is -1.24. The van der Waals surface area contributed by atoms with Crippen LogP contribution in [0, 0.1) is 6.07 Å². The van der Waals surface area contributed by atoms with E-state index in [0.717, 1.165) is 11.8 Å². The lowest BCUT2D eigenvalue weighted by Gasteiger charge is -1.86. The van der Waals surface area contributed by atoms with E-state index >= 15 is 0 Å². The Morgan fingerprint density at radius 3 is 2.56 bits per heavy atom. The molecule has 0 aliphatic rings. The summed E-state index contributed by atoms with van der Waals surface area (Å²) in [5, 5.41) is 8.33. The van der Waals surface area contributed by atoms with E-state index in [0.29, 0.717) is 0 Å². The molecule has 1 N–H and O–H groups in total. The van der Waals surface area contributed by atoms with Crippen molar-refractivity contribution < 1.29 is 5.11 Å². The molecule has 0 aliphatic heterocycles. The van der Waals surface area contributed by atoms with E-state index in [1.165, 1.54) is 0 Å². The molecule has 0 bridgehead atoms. The van der Waals surface area contributed by atoms with Gasteiger partial charge in [0.2, 0.25) is 0 Å².